The fourth-order valence-corrected chi connectivity index (χ4v) is 2.26. The molecule has 0 saturated carbocycles. The van der Waals surface area contributed by atoms with Crippen molar-refractivity contribution in [1.29, 1.82) is 0 Å². The van der Waals surface area contributed by atoms with E-state index >= 15 is 0 Å². The second-order valence-electron chi connectivity index (χ2n) is 4.51. The number of fused-ring (bicyclic) bond motifs is 1. The molecule has 18 heavy (non-hydrogen) atoms. The van der Waals surface area contributed by atoms with Gasteiger partial charge in [-0.1, -0.05) is 6.07 Å². The summed E-state index contributed by atoms with van der Waals surface area (Å²) in [7, 11) is 0. The highest BCUT2D eigenvalue weighted by Gasteiger charge is 2.19. The molecule has 0 radical (unpaired) electrons. The molecule has 0 unspecified atom stereocenters. The molecule has 1 aromatic carbocycles. The molecule has 1 atom stereocenters. The molecule has 2 aromatic rings. The number of hydrogen-bond acceptors (Lipinski definition) is 5. The molecular weight excluding hydrogens is 230 g/mol. The molecule has 1 aromatic heterocycles. The van der Waals surface area contributed by atoms with Gasteiger partial charge in [0.25, 0.3) is 5.89 Å². The summed E-state index contributed by atoms with van der Waals surface area (Å²) >= 11 is 0. The zero-order valence-electron chi connectivity index (χ0n) is 10.2. The first-order valence-corrected chi connectivity index (χ1v) is 6.02. The van der Waals surface area contributed by atoms with Crippen LogP contribution in [0.1, 0.15) is 35.4 Å². The minimum absolute atomic E-state index is 0.174. The summed E-state index contributed by atoms with van der Waals surface area (Å²) in [5.74, 6) is 1.86. The van der Waals surface area contributed by atoms with Crippen molar-refractivity contribution >= 4 is 0 Å². The van der Waals surface area contributed by atoms with Gasteiger partial charge >= 0.3 is 0 Å². The predicted octanol–water partition coefficient (Wildman–Crippen LogP) is 1.90. The molecule has 5 heteroatoms. The summed E-state index contributed by atoms with van der Waals surface area (Å²) < 4.78 is 10.9. The maximum absolute atomic E-state index is 5.99. The summed E-state index contributed by atoms with van der Waals surface area (Å²) in [5.41, 5.74) is 8.50. The van der Waals surface area contributed by atoms with E-state index in [-0.39, 0.29) is 6.04 Å². The Morgan fingerprint density at radius 2 is 2.33 bits per heavy atom. The highest BCUT2D eigenvalue weighted by Crippen LogP contribution is 2.31. The van der Waals surface area contributed by atoms with Crippen LogP contribution in [-0.4, -0.2) is 10.2 Å². The minimum Gasteiger partial charge on any atom is -0.484 e. The van der Waals surface area contributed by atoms with Gasteiger partial charge in [-0.25, -0.2) is 0 Å². The Morgan fingerprint density at radius 1 is 1.44 bits per heavy atom. The van der Waals surface area contributed by atoms with E-state index in [0.717, 1.165) is 18.6 Å². The summed E-state index contributed by atoms with van der Waals surface area (Å²) in [6, 6.07) is 6.20. The molecule has 1 heterocycles. The Bertz CT molecular complexity index is 565. The summed E-state index contributed by atoms with van der Waals surface area (Å²) in [5, 5.41) is 7.64. The highest BCUT2D eigenvalue weighted by atomic mass is 16.5. The second kappa shape index (κ2) is 4.42. The molecule has 0 bridgehead atoms. The van der Waals surface area contributed by atoms with Gasteiger partial charge in [0.05, 0.1) is 0 Å². The maximum Gasteiger partial charge on any atom is 0.253 e. The topological polar surface area (TPSA) is 74.2 Å². The molecule has 0 saturated heterocycles. The van der Waals surface area contributed by atoms with Gasteiger partial charge in [0.2, 0.25) is 5.89 Å². The van der Waals surface area contributed by atoms with Gasteiger partial charge in [-0.2, -0.15) is 0 Å². The summed E-state index contributed by atoms with van der Waals surface area (Å²) in [6.45, 7) is 2.05. The van der Waals surface area contributed by atoms with Crippen LogP contribution in [0, 0.1) is 6.92 Å². The first-order chi connectivity index (χ1) is 8.72. The maximum atomic E-state index is 5.99. The third-order valence-electron chi connectivity index (χ3n) is 3.17. The molecule has 1 aliphatic rings. The van der Waals surface area contributed by atoms with Gasteiger partial charge in [0.1, 0.15) is 5.75 Å². The molecule has 3 rings (SSSR count). The number of nitrogens with zero attached hydrogens (tertiary/aromatic N) is 2. The van der Waals surface area contributed by atoms with E-state index in [1.165, 1.54) is 11.1 Å². The van der Waals surface area contributed by atoms with Crippen molar-refractivity contribution in [3.63, 3.8) is 0 Å². The lowest BCUT2D eigenvalue weighted by molar-refractivity contribution is 0.260. The van der Waals surface area contributed by atoms with E-state index in [9.17, 15) is 0 Å². The molecule has 0 fully saturated rings. The zero-order valence-corrected chi connectivity index (χ0v) is 10.2. The van der Waals surface area contributed by atoms with Gasteiger partial charge in [0.15, 0.2) is 6.61 Å². The van der Waals surface area contributed by atoms with E-state index in [1.54, 1.807) is 6.92 Å². The van der Waals surface area contributed by atoms with Crippen molar-refractivity contribution < 1.29 is 9.15 Å². The largest absolute Gasteiger partial charge is 0.484 e. The lowest BCUT2D eigenvalue weighted by atomic mass is 10.1. The van der Waals surface area contributed by atoms with Crippen LogP contribution in [0.2, 0.25) is 0 Å². The SMILES string of the molecule is Cc1nnc(COc2ccc3c(c2)CC[C@@H]3N)o1. The second-order valence-corrected chi connectivity index (χ2v) is 4.51. The Balaban J connectivity index is 1.70. The predicted molar refractivity (Wildman–Crippen MR) is 65.1 cm³/mol. The number of rotatable bonds is 3. The Morgan fingerprint density at radius 3 is 3.11 bits per heavy atom. The molecule has 0 aliphatic heterocycles. The van der Waals surface area contributed by atoms with E-state index in [1.807, 2.05) is 18.2 Å². The van der Waals surface area contributed by atoms with Gasteiger partial charge in [0, 0.05) is 13.0 Å². The van der Waals surface area contributed by atoms with Crippen molar-refractivity contribution in [2.75, 3.05) is 0 Å². The normalized spacial score (nSPS) is 17.8. The van der Waals surface area contributed by atoms with Crippen LogP contribution in [0.15, 0.2) is 22.6 Å². The van der Waals surface area contributed by atoms with Gasteiger partial charge < -0.3 is 14.9 Å². The van der Waals surface area contributed by atoms with Gasteiger partial charge in [-0.15, -0.1) is 10.2 Å². The van der Waals surface area contributed by atoms with Crippen LogP contribution in [-0.2, 0) is 13.0 Å². The number of aromatic nitrogens is 2. The van der Waals surface area contributed by atoms with Crippen molar-refractivity contribution in [3.8, 4) is 5.75 Å². The average Bonchev–Trinajstić information content (AvgIpc) is 2.94. The molecule has 94 valence electrons. The lowest BCUT2D eigenvalue weighted by Crippen LogP contribution is -2.05. The minimum atomic E-state index is 0.174. The van der Waals surface area contributed by atoms with Crippen LogP contribution >= 0.6 is 0 Å². The van der Waals surface area contributed by atoms with E-state index in [2.05, 4.69) is 10.2 Å². The zero-order chi connectivity index (χ0) is 12.5. The summed E-state index contributed by atoms with van der Waals surface area (Å²) in [6.07, 6.45) is 2.04. The third-order valence-corrected chi connectivity index (χ3v) is 3.17. The fraction of sp³-hybridized carbons (Fsp3) is 0.385. The smallest absolute Gasteiger partial charge is 0.253 e. The first kappa shape index (κ1) is 11.2. The fourth-order valence-electron chi connectivity index (χ4n) is 2.26. The number of ether oxygens (including phenoxy) is 1. The third kappa shape index (κ3) is 2.09. The van der Waals surface area contributed by atoms with Gasteiger partial charge in [-0.05, 0) is 36.1 Å². The molecule has 0 spiro atoms. The molecular formula is C13H15N3O2. The van der Waals surface area contributed by atoms with Crippen LogP contribution in [0.25, 0.3) is 0 Å². The number of nitrogens with two attached hydrogens (primary N) is 1. The Hall–Kier alpha value is -1.88. The van der Waals surface area contributed by atoms with Crippen LogP contribution in [0.5, 0.6) is 5.75 Å². The number of aryl methyl sites for hydroxylation is 2. The standard InChI is InChI=1S/C13H15N3O2/c1-8-15-16-13(18-8)7-17-10-3-4-11-9(6-10)2-5-12(11)14/h3-4,6,12H,2,5,7,14H2,1H3/t12-/m0/s1. The van der Waals surface area contributed by atoms with Crippen LogP contribution in [0.3, 0.4) is 0 Å². The van der Waals surface area contributed by atoms with Crippen molar-refractivity contribution in [2.45, 2.75) is 32.4 Å². The van der Waals surface area contributed by atoms with Crippen molar-refractivity contribution in [2.24, 2.45) is 5.73 Å². The first-order valence-electron chi connectivity index (χ1n) is 6.02. The van der Waals surface area contributed by atoms with Crippen LogP contribution in [0.4, 0.5) is 0 Å². The summed E-state index contributed by atoms with van der Waals surface area (Å²) in [4.78, 5) is 0. The quantitative estimate of drug-likeness (QED) is 0.894. The molecule has 2 N–H and O–H groups in total. The molecule has 5 nitrogen and oxygen atoms in total. The molecule has 1 aliphatic carbocycles. The van der Waals surface area contributed by atoms with E-state index in [4.69, 9.17) is 14.9 Å². The Kier molecular flexibility index (Phi) is 2.76. The average molecular weight is 245 g/mol. The van der Waals surface area contributed by atoms with E-state index < -0.39 is 0 Å². The monoisotopic (exact) mass is 245 g/mol. The highest BCUT2D eigenvalue weighted by molar-refractivity contribution is 5.40. The van der Waals surface area contributed by atoms with Crippen molar-refractivity contribution in [3.05, 3.63) is 41.1 Å². The van der Waals surface area contributed by atoms with Gasteiger partial charge in [-0.3, -0.25) is 0 Å². The molecule has 0 amide bonds. The van der Waals surface area contributed by atoms with Crippen LogP contribution < -0.4 is 10.5 Å². The van der Waals surface area contributed by atoms with E-state index in [0.29, 0.717) is 18.4 Å². The number of hydrogen-bond donors (Lipinski definition) is 1. The Labute approximate surface area is 105 Å². The van der Waals surface area contributed by atoms with Crippen molar-refractivity contribution in [1.82, 2.24) is 10.2 Å². The lowest BCUT2D eigenvalue weighted by Gasteiger charge is -2.07. The number of benzene rings is 1.